The van der Waals surface area contributed by atoms with Gasteiger partial charge in [0.1, 0.15) is 0 Å². The fourth-order valence-electron chi connectivity index (χ4n) is 4.01. The third kappa shape index (κ3) is 11.2. The first-order valence-electron chi connectivity index (χ1n) is 11.3. The van der Waals surface area contributed by atoms with E-state index in [0.717, 1.165) is 25.0 Å². The standard InChI is InChI=1S/C22H46N2O/c1-4-6-8-10-12-14-22(15-13-11-9-7-5-2)24-18-21(19-24)17-23-16-20(3)25/h20-23,25H,4-19H2,1-3H3. The largest absolute Gasteiger partial charge is 0.392 e. The summed E-state index contributed by atoms with van der Waals surface area (Å²) in [7, 11) is 0. The van der Waals surface area contributed by atoms with E-state index in [1.54, 1.807) is 0 Å². The highest BCUT2D eigenvalue weighted by Gasteiger charge is 2.31. The van der Waals surface area contributed by atoms with E-state index in [0.29, 0.717) is 0 Å². The molecule has 0 aromatic carbocycles. The average molecular weight is 355 g/mol. The molecule has 0 amide bonds. The minimum Gasteiger partial charge on any atom is -0.392 e. The van der Waals surface area contributed by atoms with Gasteiger partial charge in [0.15, 0.2) is 0 Å². The van der Waals surface area contributed by atoms with Crippen LogP contribution in [-0.4, -0.2) is 48.3 Å². The summed E-state index contributed by atoms with van der Waals surface area (Å²) >= 11 is 0. The Bertz CT molecular complexity index is 276. The Kier molecular flexibility index (Phi) is 13.7. The van der Waals surface area contributed by atoms with Gasteiger partial charge in [-0.15, -0.1) is 0 Å². The number of unbranched alkanes of at least 4 members (excludes halogenated alkanes) is 8. The molecule has 1 aliphatic rings. The number of hydrogen-bond acceptors (Lipinski definition) is 3. The topological polar surface area (TPSA) is 35.5 Å². The summed E-state index contributed by atoms with van der Waals surface area (Å²) < 4.78 is 0. The van der Waals surface area contributed by atoms with Gasteiger partial charge in [-0.05, 0) is 25.7 Å². The molecule has 1 rings (SSSR count). The van der Waals surface area contributed by atoms with Crippen molar-refractivity contribution in [1.29, 1.82) is 0 Å². The molecule has 0 bridgehead atoms. The number of likely N-dealkylation sites (tertiary alicyclic amines) is 1. The van der Waals surface area contributed by atoms with Gasteiger partial charge >= 0.3 is 0 Å². The van der Waals surface area contributed by atoms with Crippen LogP contribution in [0.4, 0.5) is 0 Å². The van der Waals surface area contributed by atoms with E-state index >= 15 is 0 Å². The summed E-state index contributed by atoms with van der Waals surface area (Å²) in [5.41, 5.74) is 0. The fraction of sp³-hybridized carbons (Fsp3) is 1.00. The molecule has 1 fully saturated rings. The van der Waals surface area contributed by atoms with Crippen LogP contribution in [0.25, 0.3) is 0 Å². The van der Waals surface area contributed by atoms with Crippen LogP contribution in [0.3, 0.4) is 0 Å². The second-order valence-corrected chi connectivity index (χ2v) is 8.39. The SMILES string of the molecule is CCCCCCCC(CCCCCCC)N1CC(CNCC(C)O)C1. The van der Waals surface area contributed by atoms with E-state index < -0.39 is 0 Å². The number of aliphatic hydroxyl groups is 1. The molecule has 1 aliphatic heterocycles. The van der Waals surface area contributed by atoms with Gasteiger partial charge in [0.25, 0.3) is 0 Å². The Morgan fingerprint density at radius 3 is 1.88 bits per heavy atom. The van der Waals surface area contributed by atoms with Crippen LogP contribution in [0.1, 0.15) is 97.8 Å². The van der Waals surface area contributed by atoms with Gasteiger partial charge in [-0.25, -0.2) is 0 Å². The summed E-state index contributed by atoms with van der Waals surface area (Å²) in [4.78, 5) is 2.74. The number of nitrogens with zero attached hydrogens (tertiary/aromatic N) is 1. The Balaban J connectivity index is 2.20. The average Bonchev–Trinajstić information content (AvgIpc) is 2.55. The van der Waals surface area contributed by atoms with Crippen molar-refractivity contribution in [3.63, 3.8) is 0 Å². The minimum absolute atomic E-state index is 0.227. The van der Waals surface area contributed by atoms with Crippen molar-refractivity contribution in [3.05, 3.63) is 0 Å². The van der Waals surface area contributed by atoms with Crippen LogP contribution in [0.5, 0.6) is 0 Å². The lowest BCUT2D eigenvalue weighted by atomic mass is 9.92. The molecule has 0 aromatic heterocycles. The van der Waals surface area contributed by atoms with E-state index in [9.17, 15) is 5.11 Å². The molecule has 1 heterocycles. The molecule has 0 aromatic rings. The van der Waals surface area contributed by atoms with E-state index in [-0.39, 0.29) is 6.10 Å². The van der Waals surface area contributed by atoms with Crippen LogP contribution in [0, 0.1) is 5.92 Å². The molecule has 0 radical (unpaired) electrons. The normalized spacial score (nSPS) is 17.2. The lowest BCUT2D eigenvalue weighted by Gasteiger charge is -2.45. The zero-order valence-electron chi connectivity index (χ0n) is 17.4. The molecule has 1 saturated heterocycles. The number of aliphatic hydroxyl groups excluding tert-OH is 1. The monoisotopic (exact) mass is 354 g/mol. The van der Waals surface area contributed by atoms with Gasteiger partial charge in [-0.1, -0.05) is 78.1 Å². The van der Waals surface area contributed by atoms with Gasteiger partial charge in [-0.3, -0.25) is 4.90 Å². The Hall–Kier alpha value is -0.120. The Morgan fingerprint density at radius 1 is 0.880 bits per heavy atom. The van der Waals surface area contributed by atoms with E-state index in [1.807, 2.05) is 6.92 Å². The second kappa shape index (κ2) is 15.0. The molecule has 0 saturated carbocycles. The first-order valence-corrected chi connectivity index (χ1v) is 11.3. The van der Waals surface area contributed by atoms with Gasteiger partial charge in [0.05, 0.1) is 6.10 Å². The first kappa shape index (κ1) is 22.9. The molecule has 3 heteroatoms. The van der Waals surface area contributed by atoms with Crippen molar-refractivity contribution in [2.45, 2.75) is 110 Å². The van der Waals surface area contributed by atoms with Crippen molar-refractivity contribution in [3.8, 4) is 0 Å². The summed E-state index contributed by atoms with van der Waals surface area (Å²) in [6.45, 7) is 10.8. The van der Waals surface area contributed by atoms with Gasteiger partial charge < -0.3 is 10.4 Å². The van der Waals surface area contributed by atoms with Crippen molar-refractivity contribution >= 4 is 0 Å². The third-order valence-corrected chi connectivity index (χ3v) is 5.66. The van der Waals surface area contributed by atoms with Gasteiger partial charge in [-0.2, -0.15) is 0 Å². The zero-order valence-corrected chi connectivity index (χ0v) is 17.4. The van der Waals surface area contributed by atoms with Crippen LogP contribution in [0.15, 0.2) is 0 Å². The van der Waals surface area contributed by atoms with E-state index in [2.05, 4.69) is 24.1 Å². The molecule has 0 spiro atoms. The summed E-state index contributed by atoms with van der Waals surface area (Å²) in [5, 5.41) is 12.7. The smallest absolute Gasteiger partial charge is 0.0636 e. The number of hydrogen-bond donors (Lipinski definition) is 2. The maximum atomic E-state index is 9.34. The maximum absolute atomic E-state index is 9.34. The van der Waals surface area contributed by atoms with Crippen LogP contribution < -0.4 is 5.32 Å². The molecule has 150 valence electrons. The molecule has 2 N–H and O–H groups in total. The fourth-order valence-corrected chi connectivity index (χ4v) is 4.01. The van der Waals surface area contributed by atoms with Gasteiger partial charge in [0, 0.05) is 32.2 Å². The lowest BCUT2D eigenvalue weighted by Crippen LogP contribution is -2.55. The van der Waals surface area contributed by atoms with E-state index in [4.69, 9.17) is 0 Å². The molecular weight excluding hydrogens is 308 g/mol. The van der Waals surface area contributed by atoms with Crippen molar-refractivity contribution in [1.82, 2.24) is 10.2 Å². The molecule has 1 unspecified atom stereocenters. The summed E-state index contributed by atoms with van der Waals surface area (Å²) in [5.74, 6) is 0.793. The molecule has 25 heavy (non-hydrogen) atoms. The number of nitrogens with one attached hydrogen (secondary N) is 1. The second-order valence-electron chi connectivity index (χ2n) is 8.39. The predicted molar refractivity (Wildman–Crippen MR) is 110 cm³/mol. The third-order valence-electron chi connectivity index (χ3n) is 5.66. The molecule has 1 atom stereocenters. The Labute approximate surface area is 158 Å². The summed E-state index contributed by atoms with van der Waals surface area (Å²) in [6, 6.07) is 0.830. The van der Waals surface area contributed by atoms with Crippen molar-refractivity contribution < 1.29 is 5.11 Å². The van der Waals surface area contributed by atoms with Crippen LogP contribution >= 0.6 is 0 Å². The predicted octanol–water partition coefficient (Wildman–Crippen LogP) is 4.98. The van der Waals surface area contributed by atoms with Crippen LogP contribution in [0.2, 0.25) is 0 Å². The highest BCUT2D eigenvalue weighted by Crippen LogP contribution is 2.25. The molecule has 3 nitrogen and oxygen atoms in total. The highest BCUT2D eigenvalue weighted by molar-refractivity contribution is 4.86. The highest BCUT2D eigenvalue weighted by atomic mass is 16.3. The molecular formula is C22H46N2O. The number of rotatable bonds is 17. The maximum Gasteiger partial charge on any atom is 0.0636 e. The first-order chi connectivity index (χ1) is 12.2. The Morgan fingerprint density at radius 2 is 1.40 bits per heavy atom. The molecule has 0 aliphatic carbocycles. The van der Waals surface area contributed by atoms with E-state index in [1.165, 1.54) is 90.1 Å². The lowest BCUT2D eigenvalue weighted by molar-refractivity contribution is 0.0406. The van der Waals surface area contributed by atoms with Crippen molar-refractivity contribution in [2.24, 2.45) is 5.92 Å². The van der Waals surface area contributed by atoms with Crippen molar-refractivity contribution in [2.75, 3.05) is 26.2 Å². The quantitative estimate of drug-likeness (QED) is 0.362. The van der Waals surface area contributed by atoms with Gasteiger partial charge in [0.2, 0.25) is 0 Å². The summed E-state index contributed by atoms with van der Waals surface area (Å²) in [6.07, 6.45) is 16.6. The minimum atomic E-state index is -0.227. The van der Waals surface area contributed by atoms with Crippen LogP contribution in [-0.2, 0) is 0 Å². The zero-order chi connectivity index (χ0) is 18.3.